The number of amides is 1. The first-order valence-corrected chi connectivity index (χ1v) is 9.06. The summed E-state index contributed by atoms with van der Waals surface area (Å²) < 4.78 is 11.1. The predicted molar refractivity (Wildman–Crippen MR) is 106 cm³/mol. The normalized spacial score (nSPS) is 10.5. The molecule has 0 radical (unpaired) electrons. The van der Waals surface area contributed by atoms with E-state index in [9.17, 15) is 4.79 Å². The molecule has 0 heterocycles. The van der Waals surface area contributed by atoms with Crippen LogP contribution in [0.4, 0.5) is 11.4 Å². The summed E-state index contributed by atoms with van der Waals surface area (Å²) in [6.45, 7) is 7.78. The van der Waals surface area contributed by atoms with E-state index in [0.717, 1.165) is 29.3 Å². The molecule has 0 bridgehead atoms. The number of benzene rings is 2. The Balaban J connectivity index is 1.77. The van der Waals surface area contributed by atoms with Crippen LogP contribution in [-0.4, -0.2) is 25.7 Å². The lowest BCUT2D eigenvalue weighted by Crippen LogP contribution is -2.21. The molecule has 0 saturated heterocycles. The van der Waals surface area contributed by atoms with Crippen molar-refractivity contribution in [3.63, 3.8) is 0 Å². The van der Waals surface area contributed by atoms with Gasteiger partial charge in [0.05, 0.1) is 19.8 Å². The topological polar surface area (TPSA) is 59.6 Å². The van der Waals surface area contributed by atoms with Crippen molar-refractivity contribution in [2.75, 3.05) is 30.4 Å². The highest BCUT2D eigenvalue weighted by Crippen LogP contribution is 2.18. The third kappa shape index (κ3) is 7.05. The zero-order valence-corrected chi connectivity index (χ0v) is 15.7. The van der Waals surface area contributed by atoms with E-state index in [2.05, 4.69) is 24.5 Å². The van der Waals surface area contributed by atoms with Crippen LogP contribution in [0.2, 0.25) is 0 Å². The van der Waals surface area contributed by atoms with Gasteiger partial charge in [0.2, 0.25) is 5.91 Å². The molecule has 0 aliphatic rings. The Labute approximate surface area is 155 Å². The van der Waals surface area contributed by atoms with E-state index < -0.39 is 0 Å². The van der Waals surface area contributed by atoms with Gasteiger partial charge in [-0.1, -0.05) is 19.9 Å². The van der Waals surface area contributed by atoms with Crippen molar-refractivity contribution in [3.8, 4) is 11.5 Å². The summed E-state index contributed by atoms with van der Waals surface area (Å²) >= 11 is 0. The molecule has 140 valence electrons. The molecule has 0 aliphatic carbocycles. The fraction of sp³-hybridized carbons (Fsp3) is 0.381. The second-order valence-corrected chi connectivity index (χ2v) is 6.42. The van der Waals surface area contributed by atoms with E-state index in [1.807, 2.05) is 55.5 Å². The minimum Gasteiger partial charge on any atom is -0.494 e. The summed E-state index contributed by atoms with van der Waals surface area (Å²) in [5, 5.41) is 5.96. The maximum absolute atomic E-state index is 12.1. The zero-order chi connectivity index (χ0) is 18.8. The molecule has 5 nitrogen and oxygen atoms in total. The van der Waals surface area contributed by atoms with Gasteiger partial charge in [-0.25, -0.2) is 0 Å². The lowest BCUT2D eigenvalue weighted by molar-refractivity contribution is -0.114. The Bertz CT molecular complexity index is 684. The quantitative estimate of drug-likeness (QED) is 0.655. The van der Waals surface area contributed by atoms with Crippen molar-refractivity contribution in [3.05, 3.63) is 48.5 Å². The van der Waals surface area contributed by atoms with Crippen LogP contribution in [0.1, 0.15) is 27.2 Å². The first kappa shape index (κ1) is 19.6. The number of nitrogens with one attached hydrogen (secondary N) is 2. The fourth-order valence-corrected chi connectivity index (χ4v) is 2.30. The van der Waals surface area contributed by atoms with E-state index in [4.69, 9.17) is 9.47 Å². The first-order valence-electron chi connectivity index (χ1n) is 9.06. The van der Waals surface area contributed by atoms with E-state index in [-0.39, 0.29) is 12.5 Å². The average Bonchev–Trinajstić information content (AvgIpc) is 2.62. The molecule has 2 aromatic rings. The Morgan fingerprint density at radius 2 is 1.77 bits per heavy atom. The first-order chi connectivity index (χ1) is 12.6. The van der Waals surface area contributed by atoms with Crippen LogP contribution in [0.3, 0.4) is 0 Å². The Kier molecular flexibility index (Phi) is 7.80. The third-order valence-electron chi connectivity index (χ3n) is 3.70. The van der Waals surface area contributed by atoms with E-state index in [1.165, 1.54) is 0 Å². The molecule has 0 aromatic heterocycles. The summed E-state index contributed by atoms with van der Waals surface area (Å²) in [5.74, 6) is 2.11. The Hall–Kier alpha value is -2.69. The number of rotatable bonds is 10. The van der Waals surface area contributed by atoms with E-state index in [0.29, 0.717) is 19.1 Å². The van der Waals surface area contributed by atoms with E-state index >= 15 is 0 Å². The molecule has 2 aromatic carbocycles. The molecule has 2 N–H and O–H groups in total. The minimum absolute atomic E-state index is 0.111. The van der Waals surface area contributed by atoms with Crippen molar-refractivity contribution < 1.29 is 14.3 Å². The Morgan fingerprint density at radius 1 is 1.00 bits per heavy atom. The molecule has 2 rings (SSSR count). The van der Waals surface area contributed by atoms with Crippen molar-refractivity contribution in [2.45, 2.75) is 27.2 Å². The number of hydrogen-bond acceptors (Lipinski definition) is 4. The van der Waals surface area contributed by atoms with Crippen molar-refractivity contribution in [2.24, 2.45) is 5.92 Å². The third-order valence-corrected chi connectivity index (χ3v) is 3.70. The number of hydrogen-bond donors (Lipinski definition) is 2. The molecule has 0 atom stereocenters. The number of ether oxygens (including phenoxy) is 2. The van der Waals surface area contributed by atoms with Gasteiger partial charge in [0.1, 0.15) is 11.5 Å². The molecular weight excluding hydrogens is 328 g/mol. The predicted octanol–water partition coefficient (Wildman–Crippen LogP) is 4.56. The van der Waals surface area contributed by atoms with Gasteiger partial charge in [-0.05, 0) is 55.7 Å². The fourth-order valence-electron chi connectivity index (χ4n) is 2.30. The molecule has 0 unspecified atom stereocenters. The molecule has 1 amide bonds. The van der Waals surface area contributed by atoms with Crippen molar-refractivity contribution in [1.82, 2.24) is 0 Å². The molecular formula is C21H28N2O3. The minimum atomic E-state index is -0.111. The van der Waals surface area contributed by atoms with Crippen LogP contribution >= 0.6 is 0 Å². The summed E-state index contributed by atoms with van der Waals surface area (Å²) in [6, 6.07) is 15.0. The SMILES string of the molecule is CCOc1cccc(NCC(=O)Nc2ccc(OCCC(C)C)cc2)c1. The van der Waals surface area contributed by atoms with Gasteiger partial charge in [-0.2, -0.15) is 0 Å². The number of carbonyl (C=O) groups excluding carboxylic acids is 1. The zero-order valence-electron chi connectivity index (χ0n) is 15.7. The van der Waals surface area contributed by atoms with Crippen LogP contribution in [-0.2, 0) is 4.79 Å². The lowest BCUT2D eigenvalue weighted by atomic mass is 10.1. The lowest BCUT2D eigenvalue weighted by Gasteiger charge is -2.11. The second kappa shape index (κ2) is 10.3. The summed E-state index contributed by atoms with van der Waals surface area (Å²) in [4.78, 5) is 12.1. The van der Waals surface area contributed by atoms with Crippen LogP contribution < -0.4 is 20.1 Å². The largest absolute Gasteiger partial charge is 0.494 e. The monoisotopic (exact) mass is 356 g/mol. The smallest absolute Gasteiger partial charge is 0.243 e. The van der Waals surface area contributed by atoms with Gasteiger partial charge in [0, 0.05) is 17.4 Å². The number of carbonyl (C=O) groups is 1. The van der Waals surface area contributed by atoms with Crippen LogP contribution in [0.15, 0.2) is 48.5 Å². The molecule has 0 saturated carbocycles. The highest BCUT2D eigenvalue weighted by Gasteiger charge is 2.04. The maximum atomic E-state index is 12.1. The second-order valence-electron chi connectivity index (χ2n) is 6.42. The average molecular weight is 356 g/mol. The van der Waals surface area contributed by atoms with E-state index in [1.54, 1.807) is 0 Å². The molecule has 0 aliphatic heterocycles. The standard InChI is InChI=1S/C21H28N2O3/c1-4-25-20-7-5-6-18(14-20)22-15-21(24)23-17-8-10-19(11-9-17)26-13-12-16(2)3/h5-11,14,16,22H,4,12-13,15H2,1-3H3,(H,23,24). The van der Waals surface area contributed by atoms with Gasteiger partial charge < -0.3 is 20.1 Å². The van der Waals surface area contributed by atoms with Crippen LogP contribution in [0.5, 0.6) is 11.5 Å². The summed E-state index contributed by atoms with van der Waals surface area (Å²) in [7, 11) is 0. The molecule has 26 heavy (non-hydrogen) atoms. The van der Waals surface area contributed by atoms with Gasteiger partial charge in [-0.15, -0.1) is 0 Å². The van der Waals surface area contributed by atoms with Gasteiger partial charge in [0.25, 0.3) is 0 Å². The van der Waals surface area contributed by atoms with Crippen molar-refractivity contribution >= 4 is 17.3 Å². The highest BCUT2D eigenvalue weighted by molar-refractivity contribution is 5.93. The van der Waals surface area contributed by atoms with Crippen LogP contribution in [0, 0.1) is 5.92 Å². The van der Waals surface area contributed by atoms with Gasteiger partial charge >= 0.3 is 0 Å². The van der Waals surface area contributed by atoms with Crippen LogP contribution in [0.25, 0.3) is 0 Å². The molecule has 5 heteroatoms. The molecule has 0 spiro atoms. The molecule has 0 fully saturated rings. The van der Waals surface area contributed by atoms with Crippen molar-refractivity contribution in [1.29, 1.82) is 0 Å². The maximum Gasteiger partial charge on any atom is 0.243 e. The Morgan fingerprint density at radius 3 is 2.46 bits per heavy atom. The highest BCUT2D eigenvalue weighted by atomic mass is 16.5. The summed E-state index contributed by atoms with van der Waals surface area (Å²) in [6.07, 6.45) is 1.02. The van der Waals surface area contributed by atoms with Gasteiger partial charge in [0.15, 0.2) is 0 Å². The summed E-state index contributed by atoms with van der Waals surface area (Å²) in [5.41, 5.74) is 1.59. The number of anilines is 2. The van der Waals surface area contributed by atoms with Gasteiger partial charge in [-0.3, -0.25) is 4.79 Å².